The number of rotatable bonds is 4. The van der Waals surface area contributed by atoms with Crippen molar-refractivity contribution < 1.29 is 4.79 Å². The summed E-state index contributed by atoms with van der Waals surface area (Å²) in [6.07, 6.45) is 8.61. The van der Waals surface area contributed by atoms with E-state index in [0.29, 0.717) is 33.7 Å². The molecule has 2 unspecified atom stereocenters. The Hall–Kier alpha value is -2.59. The number of pyridine rings is 1. The Morgan fingerprint density at radius 1 is 1.00 bits per heavy atom. The molecule has 0 radical (unpaired) electrons. The highest BCUT2D eigenvalue weighted by Gasteiger charge is 2.60. The number of hydrogen-bond acceptors (Lipinski definition) is 2. The van der Waals surface area contributed by atoms with Crippen LogP contribution in [0.3, 0.4) is 0 Å². The van der Waals surface area contributed by atoms with Crippen molar-refractivity contribution in [2.24, 2.45) is 16.7 Å². The zero-order chi connectivity index (χ0) is 23.7. The number of hydrogen-bond donors (Lipinski definition) is 1. The van der Waals surface area contributed by atoms with Gasteiger partial charge in [0, 0.05) is 28.7 Å². The molecule has 0 aliphatic heterocycles. The van der Waals surface area contributed by atoms with Gasteiger partial charge in [0.25, 0.3) is 5.91 Å². The van der Waals surface area contributed by atoms with E-state index in [1.807, 2.05) is 53.1 Å². The van der Waals surface area contributed by atoms with Gasteiger partial charge in [-0.3, -0.25) is 9.59 Å². The maximum atomic E-state index is 13.7. The maximum Gasteiger partial charge on any atom is 0.257 e. The molecular formula is C29H31ClN2O2. The summed E-state index contributed by atoms with van der Waals surface area (Å²) >= 11 is 6.06. The summed E-state index contributed by atoms with van der Waals surface area (Å²) in [5.41, 5.74) is 2.32. The van der Waals surface area contributed by atoms with Gasteiger partial charge in [-0.05, 0) is 85.1 Å². The molecule has 0 spiro atoms. The molecule has 176 valence electrons. The number of nitrogens with zero attached hydrogens (tertiary/aromatic N) is 1. The quantitative estimate of drug-likeness (QED) is 0.490. The van der Waals surface area contributed by atoms with Crippen molar-refractivity contribution in [1.29, 1.82) is 0 Å². The van der Waals surface area contributed by atoms with Gasteiger partial charge < -0.3 is 9.88 Å². The van der Waals surface area contributed by atoms with Crippen molar-refractivity contribution in [3.05, 3.63) is 81.1 Å². The summed E-state index contributed by atoms with van der Waals surface area (Å²) in [6.45, 7) is 5.35. The van der Waals surface area contributed by atoms with Crippen molar-refractivity contribution in [3.63, 3.8) is 0 Å². The summed E-state index contributed by atoms with van der Waals surface area (Å²) in [5, 5.41) is 4.69. The van der Waals surface area contributed by atoms with Gasteiger partial charge in [-0.1, -0.05) is 49.7 Å². The standard InChI is InChI=1S/C29H31ClN2O2/c1-27-11-20-12-28(2,16-27)18-29(13-20,17-27)31-26(34)23-15-32(14-19-7-9-21(30)10-8-19)24-6-4-3-5-22(24)25(23)33/h3-10,15,20H,11-14,16-18H2,1-2H3,(H,31,34)/t20?,27-,28+,29?. The molecule has 1 amide bonds. The van der Waals surface area contributed by atoms with Crippen molar-refractivity contribution in [2.45, 2.75) is 64.5 Å². The van der Waals surface area contributed by atoms with Crippen molar-refractivity contribution in [1.82, 2.24) is 9.88 Å². The molecule has 4 aliphatic carbocycles. The van der Waals surface area contributed by atoms with Crippen LogP contribution in [0.25, 0.3) is 10.9 Å². The lowest BCUT2D eigenvalue weighted by Crippen LogP contribution is -2.65. The molecule has 5 heteroatoms. The Bertz CT molecular complexity index is 1340. The summed E-state index contributed by atoms with van der Waals surface area (Å²) < 4.78 is 2.01. The van der Waals surface area contributed by atoms with Gasteiger partial charge in [-0.15, -0.1) is 0 Å². The first-order valence-corrected chi connectivity index (χ1v) is 12.7. The maximum absolute atomic E-state index is 13.7. The predicted octanol–water partition coefficient (Wildman–Crippen LogP) is 6.18. The molecule has 2 aromatic carbocycles. The van der Waals surface area contributed by atoms with E-state index in [-0.39, 0.29) is 22.4 Å². The van der Waals surface area contributed by atoms with Crippen LogP contribution >= 0.6 is 11.6 Å². The van der Waals surface area contributed by atoms with E-state index in [0.717, 1.165) is 30.3 Å². The van der Waals surface area contributed by atoms with E-state index in [1.54, 1.807) is 6.20 Å². The number of benzene rings is 2. The van der Waals surface area contributed by atoms with E-state index in [9.17, 15) is 9.59 Å². The summed E-state index contributed by atoms with van der Waals surface area (Å²) in [5.74, 6) is 0.444. The lowest BCUT2D eigenvalue weighted by Gasteiger charge is -2.65. The monoisotopic (exact) mass is 474 g/mol. The molecule has 7 rings (SSSR count). The van der Waals surface area contributed by atoms with Gasteiger partial charge in [0.15, 0.2) is 0 Å². The first-order valence-electron chi connectivity index (χ1n) is 12.3. The highest BCUT2D eigenvalue weighted by atomic mass is 35.5. The lowest BCUT2D eigenvalue weighted by atomic mass is 9.43. The number of aromatic nitrogens is 1. The smallest absolute Gasteiger partial charge is 0.257 e. The van der Waals surface area contributed by atoms with Crippen LogP contribution in [0.5, 0.6) is 0 Å². The Labute approximate surface area is 205 Å². The zero-order valence-electron chi connectivity index (χ0n) is 19.9. The summed E-state index contributed by atoms with van der Waals surface area (Å²) in [7, 11) is 0. The average Bonchev–Trinajstić information content (AvgIpc) is 2.74. The number of para-hydroxylation sites is 1. The van der Waals surface area contributed by atoms with Crippen molar-refractivity contribution >= 4 is 28.4 Å². The highest BCUT2D eigenvalue weighted by molar-refractivity contribution is 6.30. The van der Waals surface area contributed by atoms with Crippen LogP contribution in [0.2, 0.25) is 5.02 Å². The predicted molar refractivity (Wildman–Crippen MR) is 136 cm³/mol. The van der Waals surface area contributed by atoms with E-state index >= 15 is 0 Å². The number of nitrogens with one attached hydrogen (secondary N) is 1. The van der Waals surface area contributed by atoms with Gasteiger partial charge >= 0.3 is 0 Å². The third-order valence-corrected chi connectivity index (χ3v) is 8.76. The second-order valence-corrected chi connectivity index (χ2v) is 12.4. The minimum Gasteiger partial charge on any atom is -0.346 e. The molecule has 3 aromatic rings. The largest absolute Gasteiger partial charge is 0.346 e. The highest BCUT2D eigenvalue weighted by Crippen LogP contribution is 2.66. The van der Waals surface area contributed by atoms with Gasteiger partial charge in [0.2, 0.25) is 5.43 Å². The third kappa shape index (κ3) is 3.67. The third-order valence-electron chi connectivity index (χ3n) is 8.50. The molecular weight excluding hydrogens is 444 g/mol. The van der Waals surface area contributed by atoms with Gasteiger partial charge in [0.1, 0.15) is 5.56 Å². The molecule has 0 saturated heterocycles. The van der Waals surface area contributed by atoms with Crippen LogP contribution in [0.4, 0.5) is 0 Å². The second kappa shape index (κ2) is 7.45. The van der Waals surface area contributed by atoms with Crippen LogP contribution < -0.4 is 10.7 Å². The first-order chi connectivity index (χ1) is 16.1. The molecule has 4 saturated carbocycles. The molecule has 4 aliphatic rings. The van der Waals surface area contributed by atoms with E-state index < -0.39 is 0 Å². The second-order valence-electron chi connectivity index (χ2n) is 12.0. The van der Waals surface area contributed by atoms with Crippen molar-refractivity contribution in [3.8, 4) is 0 Å². The van der Waals surface area contributed by atoms with Crippen LogP contribution in [-0.2, 0) is 6.54 Å². The Morgan fingerprint density at radius 2 is 1.68 bits per heavy atom. The summed E-state index contributed by atoms with van der Waals surface area (Å²) in [4.78, 5) is 27.1. The van der Waals surface area contributed by atoms with Gasteiger partial charge in [0.05, 0.1) is 5.52 Å². The normalized spacial score (nSPS) is 31.7. The van der Waals surface area contributed by atoms with Crippen LogP contribution in [0.1, 0.15) is 68.3 Å². The average molecular weight is 475 g/mol. The number of halogens is 1. The van der Waals surface area contributed by atoms with E-state index in [1.165, 1.54) is 19.3 Å². The van der Waals surface area contributed by atoms with Crippen LogP contribution in [-0.4, -0.2) is 16.0 Å². The molecule has 1 heterocycles. The summed E-state index contributed by atoms with van der Waals surface area (Å²) in [6, 6.07) is 15.2. The topological polar surface area (TPSA) is 51.1 Å². The number of amides is 1. The van der Waals surface area contributed by atoms with Gasteiger partial charge in [-0.2, -0.15) is 0 Å². The Kier molecular flexibility index (Phi) is 4.80. The molecule has 4 fully saturated rings. The molecule has 4 nitrogen and oxygen atoms in total. The van der Waals surface area contributed by atoms with Crippen LogP contribution in [0, 0.1) is 16.7 Å². The Morgan fingerprint density at radius 3 is 2.35 bits per heavy atom. The van der Waals surface area contributed by atoms with Crippen molar-refractivity contribution in [2.75, 3.05) is 0 Å². The van der Waals surface area contributed by atoms with E-state index in [2.05, 4.69) is 19.2 Å². The van der Waals surface area contributed by atoms with Crippen LogP contribution in [0.15, 0.2) is 59.5 Å². The van der Waals surface area contributed by atoms with E-state index in [4.69, 9.17) is 11.6 Å². The fourth-order valence-electron chi connectivity index (χ4n) is 8.32. The Balaban J connectivity index is 1.38. The molecule has 4 atom stereocenters. The number of carbonyl (C=O) groups is 1. The number of carbonyl (C=O) groups excluding carboxylic acids is 1. The molecule has 4 bridgehead atoms. The minimum atomic E-state index is -0.227. The number of fused-ring (bicyclic) bond motifs is 1. The molecule has 1 N–H and O–H groups in total. The fraction of sp³-hybridized carbons (Fsp3) is 0.448. The zero-order valence-corrected chi connectivity index (χ0v) is 20.6. The fourth-order valence-corrected chi connectivity index (χ4v) is 8.45. The molecule has 34 heavy (non-hydrogen) atoms. The SMILES string of the molecule is C[C@]12CC3CC(NC(=O)c4cn(Cc5ccc(Cl)cc5)c5ccccc5c4=O)(C1)C[C@@](C)(C3)C2. The lowest BCUT2D eigenvalue weighted by molar-refractivity contribution is -0.114. The molecule has 1 aromatic heterocycles. The first kappa shape index (κ1) is 21.9. The van der Waals surface area contributed by atoms with Gasteiger partial charge in [-0.25, -0.2) is 0 Å². The minimum absolute atomic E-state index is 0.192.